The van der Waals surface area contributed by atoms with Gasteiger partial charge in [0.2, 0.25) is 0 Å². The Kier molecular flexibility index (Phi) is 6.21. The van der Waals surface area contributed by atoms with E-state index in [0.29, 0.717) is 21.4 Å². The smallest absolute Gasteiger partial charge is 0.275 e. The molecule has 5 nitrogen and oxygen atoms in total. The Morgan fingerprint density at radius 3 is 2.44 bits per heavy atom. The Hall–Kier alpha value is -3.28. The van der Waals surface area contributed by atoms with Gasteiger partial charge in [-0.3, -0.25) is 4.79 Å². The average molecular weight is 466 g/mol. The van der Waals surface area contributed by atoms with Crippen LogP contribution in [0.15, 0.2) is 65.8 Å². The maximum Gasteiger partial charge on any atom is 0.275 e. The molecule has 162 valence electrons. The van der Waals surface area contributed by atoms with Crippen molar-refractivity contribution in [2.75, 3.05) is 7.11 Å². The first-order valence-corrected chi connectivity index (χ1v) is 10.7. The Labute approximate surface area is 196 Å². The number of nitrogens with one attached hydrogen (secondary N) is 1. The molecule has 4 aromatic rings. The number of hydrogen-bond donors (Lipinski definition) is 1. The number of hydrazone groups is 1. The van der Waals surface area contributed by atoms with Crippen molar-refractivity contribution in [1.82, 2.24) is 9.99 Å². The normalized spacial score (nSPS) is 11.3. The lowest BCUT2D eigenvalue weighted by atomic mass is 10.1. The number of amides is 1. The number of halogens is 2. The quantitative estimate of drug-likeness (QED) is 0.276. The van der Waals surface area contributed by atoms with Gasteiger partial charge in [0.05, 0.1) is 29.6 Å². The molecule has 0 atom stereocenters. The van der Waals surface area contributed by atoms with E-state index in [1.165, 1.54) is 0 Å². The van der Waals surface area contributed by atoms with Gasteiger partial charge >= 0.3 is 0 Å². The summed E-state index contributed by atoms with van der Waals surface area (Å²) < 4.78 is 7.43. The first kappa shape index (κ1) is 21.9. The molecule has 0 radical (unpaired) electrons. The predicted octanol–water partition coefficient (Wildman–Crippen LogP) is 6.33. The van der Waals surface area contributed by atoms with E-state index in [2.05, 4.69) is 10.5 Å². The zero-order valence-corrected chi connectivity index (χ0v) is 19.3. The minimum absolute atomic E-state index is 0.349. The minimum Gasteiger partial charge on any atom is -0.496 e. The van der Waals surface area contributed by atoms with Crippen molar-refractivity contribution in [3.8, 4) is 11.4 Å². The molecule has 1 aromatic heterocycles. The van der Waals surface area contributed by atoms with E-state index in [9.17, 15) is 4.79 Å². The third-order valence-electron chi connectivity index (χ3n) is 5.30. The number of benzene rings is 3. The molecule has 32 heavy (non-hydrogen) atoms. The fourth-order valence-electron chi connectivity index (χ4n) is 3.74. The summed E-state index contributed by atoms with van der Waals surface area (Å²) in [5.41, 5.74) is 6.63. The highest BCUT2D eigenvalue weighted by molar-refractivity contribution is 6.35. The van der Waals surface area contributed by atoms with Crippen LogP contribution in [0.5, 0.6) is 5.75 Å². The van der Waals surface area contributed by atoms with Gasteiger partial charge in [-0.05, 0) is 61.0 Å². The van der Waals surface area contributed by atoms with E-state index in [0.717, 1.165) is 33.4 Å². The number of hydrogen-bond acceptors (Lipinski definition) is 3. The first-order valence-electron chi connectivity index (χ1n) is 9.93. The van der Waals surface area contributed by atoms with E-state index in [4.69, 9.17) is 27.9 Å². The number of carbonyl (C=O) groups excluding carboxylic acids is 1. The van der Waals surface area contributed by atoms with E-state index >= 15 is 0 Å². The molecule has 0 bridgehead atoms. The number of fused-ring (bicyclic) bond motifs is 1. The largest absolute Gasteiger partial charge is 0.496 e. The van der Waals surface area contributed by atoms with Gasteiger partial charge in [0.15, 0.2) is 0 Å². The van der Waals surface area contributed by atoms with Gasteiger partial charge in [0, 0.05) is 22.0 Å². The summed E-state index contributed by atoms with van der Waals surface area (Å²) in [6.07, 6.45) is 1.62. The van der Waals surface area contributed by atoms with Crippen molar-refractivity contribution < 1.29 is 9.53 Å². The third-order valence-corrected chi connectivity index (χ3v) is 5.84. The second kappa shape index (κ2) is 9.07. The molecular formula is C25H21Cl2N3O2. The lowest BCUT2D eigenvalue weighted by Gasteiger charge is -2.11. The van der Waals surface area contributed by atoms with Crippen molar-refractivity contribution in [2.24, 2.45) is 5.10 Å². The number of ether oxygens (including phenoxy) is 1. The summed E-state index contributed by atoms with van der Waals surface area (Å²) in [5, 5.41) is 7.25. The Morgan fingerprint density at radius 1 is 1.03 bits per heavy atom. The van der Waals surface area contributed by atoms with Gasteiger partial charge in [-0.1, -0.05) is 47.5 Å². The zero-order valence-electron chi connectivity index (χ0n) is 17.8. The molecular weight excluding hydrogens is 445 g/mol. The summed E-state index contributed by atoms with van der Waals surface area (Å²) in [4.78, 5) is 12.8. The van der Waals surface area contributed by atoms with Crippen LogP contribution in [0, 0.1) is 13.8 Å². The summed E-state index contributed by atoms with van der Waals surface area (Å²) in [6, 6.07) is 18.8. The first-order chi connectivity index (χ1) is 15.4. The summed E-state index contributed by atoms with van der Waals surface area (Å²) in [6.45, 7) is 3.95. The molecule has 0 aliphatic carbocycles. The van der Waals surface area contributed by atoms with Gasteiger partial charge in [0.1, 0.15) is 5.75 Å². The lowest BCUT2D eigenvalue weighted by molar-refractivity contribution is 0.0952. The fourth-order valence-corrected chi connectivity index (χ4v) is 4.23. The van der Waals surface area contributed by atoms with Crippen LogP contribution in [0.25, 0.3) is 16.5 Å². The molecule has 7 heteroatoms. The van der Waals surface area contributed by atoms with Gasteiger partial charge in [-0.15, -0.1) is 0 Å². The summed E-state index contributed by atoms with van der Waals surface area (Å²) in [7, 11) is 1.54. The van der Waals surface area contributed by atoms with Crippen LogP contribution >= 0.6 is 23.2 Å². The molecule has 3 aromatic carbocycles. The second-order valence-corrected chi connectivity index (χ2v) is 8.20. The highest BCUT2D eigenvalue weighted by Crippen LogP contribution is 2.29. The number of rotatable bonds is 5. The third kappa shape index (κ3) is 4.22. The molecule has 0 aliphatic rings. The van der Waals surface area contributed by atoms with Crippen molar-refractivity contribution in [3.63, 3.8) is 0 Å². The number of carbonyl (C=O) groups is 1. The maximum atomic E-state index is 12.8. The van der Waals surface area contributed by atoms with Crippen LogP contribution in [0.4, 0.5) is 0 Å². The van der Waals surface area contributed by atoms with Crippen LogP contribution in [-0.4, -0.2) is 23.8 Å². The molecule has 0 saturated carbocycles. The van der Waals surface area contributed by atoms with Crippen LogP contribution in [0.2, 0.25) is 10.0 Å². The van der Waals surface area contributed by atoms with Gasteiger partial charge in [-0.2, -0.15) is 5.10 Å². The van der Waals surface area contributed by atoms with E-state index in [-0.39, 0.29) is 5.91 Å². The van der Waals surface area contributed by atoms with Crippen molar-refractivity contribution in [2.45, 2.75) is 13.8 Å². The topological polar surface area (TPSA) is 55.6 Å². The lowest BCUT2D eigenvalue weighted by Crippen LogP contribution is -2.18. The Balaban J connectivity index is 1.59. The van der Waals surface area contributed by atoms with Gasteiger partial charge in [0.25, 0.3) is 5.91 Å². The fraction of sp³-hybridized carbons (Fsp3) is 0.120. The van der Waals surface area contributed by atoms with Gasteiger partial charge < -0.3 is 9.30 Å². The zero-order chi connectivity index (χ0) is 22.8. The summed E-state index contributed by atoms with van der Waals surface area (Å²) >= 11 is 12.4. The molecule has 1 amide bonds. The van der Waals surface area contributed by atoms with Crippen LogP contribution < -0.4 is 10.2 Å². The molecule has 1 heterocycles. The number of aromatic nitrogens is 1. The SMILES string of the molecule is COc1cc2ccccc2cc1C(=O)N/N=C\c1cc(C)n(-c2ccc(Cl)cc2Cl)c1C. The Bertz CT molecular complexity index is 1360. The maximum absolute atomic E-state index is 12.8. The highest BCUT2D eigenvalue weighted by Gasteiger charge is 2.15. The summed E-state index contributed by atoms with van der Waals surface area (Å²) in [5.74, 6) is 0.144. The molecule has 0 unspecified atom stereocenters. The van der Waals surface area contributed by atoms with Gasteiger partial charge in [-0.25, -0.2) is 5.43 Å². The monoisotopic (exact) mass is 465 g/mol. The Morgan fingerprint density at radius 2 is 1.75 bits per heavy atom. The van der Waals surface area contributed by atoms with Crippen molar-refractivity contribution >= 4 is 46.1 Å². The second-order valence-electron chi connectivity index (χ2n) is 7.36. The van der Waals surface area contributed by atoms with Crippen molar-refractivity contribution in [1.29, 1.82) is 0 Å². The van der Waals surface area contributed by atoms with E-state index in [1.54, 1.807) is 31.5 Å². The van der Waals surface area contributed by atoms with E-state index in [1.807, 2.05) is 60.9 Å². The van der Waals surface area contributed by atoms with Crippen molar-refractivity contribution in [3.05, 3.63) is 93.2 Å². The molecule has 1 N–H and O–H groups in total. The highest BCUT2D eigenvalue weighted by atomic mass is 35.5. The number of aryl methyl sites for hydroxylation is 1. The molecule has 0 saturated heterocycles. The number of nitrogens with zero attached hydrogens (tertiary/aromatic N) is 2. The molecule has 4 rings (SSSR count). The van der Waals surface area contributed by atoms with E-state index < -0.39 is 0 Å². The molecule has 0 fully saturated rings. The number of methoxy groups -OCH3 is 1. The van der Waals surface area contributed by atoms with Crippen LogP contribution in [-0.2, 0) is 0 Å². The molecule has 0 aliphatic heterocycles. The predicted molar refractivity (Wildman–Crippen MR) is 131 cm³/mol. The standard InChI is InChI=1S/C25H21Cl2N3O2/c1-15-10-19(16(2)30(15)23-9-8-20(26)13-22(23)27)14-28-29-25(31)21-11-17-6-4-5-7-18(17)12-24(21)32-3/h4-14H,1-3H3,(H,29,31)/b28-14-. The minimum atomic E-state index is -0.349. The van der Waals surface area contributed by atoms with Crippen LogP contribution in [0.3, 0.4) is 0 Å². The molecule has 0 spiro atoms. The average Bonchev–Trinajstić information content (AvgIpc) is 3.06. The van der Waals surface area contributed by atoms with Crippen LogP contribution in [0.1, 0.15) is 27.3 Å².